The summed E-state index contributed by atoms with van der Waals surface area (Å²) in [4.78, 5) is 28.1. The lowest BCUT2D eigenvalue weighted by Crippen LogP contribution is -2.63. The quantitative estimate of drug-likeness (QED) is 0.733. The second-order valence-corrected chi connectivity index (χ2v) is 7.91. The van der Waals surface area contributed by atoms with Crippen LogP contribution in [0.5, 0.6) is 0 Å². The van der Waals surface area contributed by atoms with Gasteiger partial charge in [0.15, 0.2) is 0 Å². The van der Waals surface area contributed by atoms with Crippen molar-refractivity contribution in [3.8, 4) is 0 Å². The van der Waals surface area contributed by atoms with Crippen LogP contribution in [-0.4, -0.2) is 47.8 Å². The highest BCUT2D eigenvalue weighted by Gasteiger charge is 2.75. The highest BCUT2D eigenvalue weighted by Crippen LogP contribution is 2.71. The van der Waals surface area contributed by atoms with Crippen LogP contribution in [-0.2, 0) is 9.59 Å². The molecule has 1 spiro atoms. The van der Waals surface area contributed by atoms with Crippen molar-refractivity contribution in [3.63, 3.8) is 0 Å². The number of aliphatic hydroxyl groups is 1. The number of hydrogen-bond donors (Lipinski definition) is 1. The van der Waals surface area contributed by atoms with E-state index in [1.165, 1.54) is 0 Å². The van der Waals surface area contributed by atoms with E-state index in [1.54, 1.807) is 0 Å². The average molecular weight is 291 g/mol. The van der Waals surface area contributed by atoms with E-state index in [0.717, 1.165) is 38.8 Å². The Hall–Kier alpha value is -0.740. The number of ketones is 2. The van der Waals surface area contributed by atoms with Crippen molar-refractivity contribution in [1.82, 2.24) is 4.90 Å². The molecule has 0 aromatic heterocycles. The maximum absolute atomic E-state index is 12.9. The minimum Gasteiger partial charge on any atom is -0.392 e. The molecule has 0 amide bonds. The number of nitrogens with zero attached hydrogens (tertiary/aromatic N) is 1. The number of carbonyl (C=O) groups is 2. The molecular weight excluding hydrogens is 266 g/mol. The molecule has 4 aliphatic carbocycles. The second-order valence-electron chi connectivity index (χ2n) is 7.91. The monoisotopic (exact) mass is 291 g/mol. The van der Waals surface area contributed by atoms with E-state index in [1.807, 2.05) is 0 Å². The molecule has 0 aromatic carbocycles. The maximum Gasteiger partial charge on any atom is 0.142 e. The first-order chi connectivity index (χ1) is 10.0. The van der Waals surface area contributed by atoms with Gasteiger partial charge in [0.25, 0.3) is 0 Å². The lowest BCUT2D eigenvalue weighted by atomic mass is 9.43. The summed E-state index contributed by atoms with van der Waals surface area (Å²) < 4.78 is 0. The van der Waals surface area contributed by atoms with Crippen molar-refractivity contribution in [3.05, 3.63) is 0 Å². The van der Waals surface area contributed by atoms with Gasteiger partial charge in [-0.2, -0.15) is 0 Å². The Morgan fingerprint density at radius 3 is 2.71 bits per heavy atom. The SMILES string of the molecule is CN1CCC[C@]23C(=O)CC4CC2CC(=O)C3(C4)[C@@H](O)CC1. The molecule has 5 rings (SSSR count). The van der Waals surface area contributed by atoms with Crippen molar-refractivity contribution >= 4 is 11.6 Å². The van der Waals surface area contributed by atoms with Gasteiger partial charge in [0.1, 0.15) is 11.6 Å². The van der Waals surface area contributed by atoms with Crippen LogP contribution < -0.4 is 0 Å². The van der Waals surface area contributed by atoms with Gasteiger partial charge >= 0.3 is 0 Å². The van der Waals surface area contributed by atoms with Crippen LogP contribution in [0.1, 0.15) is 44.9 Å². The third-order valence-corrected chi connectivity index (χ3v) is 7.09. The smallest absolute Gasteiger partial charge is 0.142 e. The maximum atomic E-state index is 12.9. The lowest BCUT2D eigenvalue weighted by Gasteiger charge is -2.58. The molecule has 4 bridgehead atoms. The van der Waals surface area contributed by atoms with E-state index < -0.39 is 16.9 Å². The molecule has 1 heterocycles. The van der Waals surface area contributed by atoms with Crippen molar-refractivity contribution in [2.24, 2.45) is 22.7 Å². The lowest BCUT2D eigenvalue weighted by molar-refractivity contribution is -0.180. The normalized spacial score (nSPS) is 50.5. The van der Waals surface area contributed by atoms with Crippen LogP contribution in [0.15, 0.2) is 0 Å². The topological polar surface area (TPSA) is 57.6 Å². The number of hydrogen-bond acceptors (Lipinski definition) is 4. The summed E-state index contributed by atoms with van der Waals surface area (Å²) in [5.41, 5.74) is -1.26. The molecule has 1 N–H and O–H groups in total. The van der Waals surface area contributed by atoms with Gasteiger partial charge in [0.2, 0.25) is 0 Å². The Morgan fingerprint density at radius 1 is 1.14 bits per heavy atom. The number of rotatable bonds is 0. The summed E-state index contributed by atoms with van der Waals surface area (Å²) in [7, 11) is 2.07. The van der Waals surface area contributed by atoms with Crippen LogP contribution >= 0.6 is 0 Å². The zero-order chi connectivity index (χ0) is 14.8. The molecule has 0 radical (unpaired) electrons. The third kappa shape index (κ3) is 1.53. The molecule has 5 atom stereocenters. The molecule has 5 fully saturated rings. The van der Waals surface area contributed by atoms with Crippen LogP contribution in [0.4, 0.5) is 0 Å². The van der Waals surface area contributed by atoms with E-state index in [9.17, 15) is 14.7 Å². The fourth-order valence-corrected chi connectivity index (χ4v) is 6.31. The van der Waals surface area contributed by atoms with Crippen molar-refractivity contribution in [1.29, 1.82) is 0 Å². The van der Waals surface area contributed by atoms with Crippen molar-refractivity contribution in [2.75, 3.05) is 20.1 Å². The van der Waals surface area contributed by atoms with Crippen molar-refractivity contribution < 1.29 is 14.7 Å². The summed E-state index contributed by atoms with van der Waals surface area (Å²) >= 11 is 0. The minimum absolute atomic E-state index is 0.195. The van der Waals surface area contributed by atoms with Crippen LogP contribution in [0.2, 0.25) is 0 Å². The predicted molar refractivity (Wildman–Crippen MR) is 77.7 cm³/mol. The largest absolute Gasteiger partial charge is 0.392 e. The van der Waals surface area contributed by atoms with E-state index in [-0.39, 0.29) is 11.7 Å². The Labute approximate surface area is 125 Å². The highest BCUT2D eigenvalue weighted by molar-refractivity contribution is 6.02. The molecule has 21 heavy (non-hydrogen) atoms. The zero-order valence-corrected chi connectivity index (χ0v) is 12.8. The third-order valence-electron chi connectivity index (χ3n) is 7.09. The molecule has 4 heteroatoms. The number of fused-ring (bicyclic) bond motifs is 1. The second kappa shape index (κ2) is 4.39. The van der Waals surface area contributed by atoms with Gasteiger partial charge in [0, 0.05) is 24.8 Å². The summed E-state index contributed by atoms with van der Waals surface area (Å²) in [6.07, 6.45) is 4.73. The van der Waals surface area contributed by atoms with Gasteiger partial charge < -0.3 is 10.0 Å². The molecule has 4 nitrogen and oxygen atoms in total. The van der Waals surface area contributed by atoms with Crippen molar-refractivity contribution in [2.45, 2.75) is 51.0 Å². The van der Waals surface area contributed by atoms with E-state index in [2.05, 4.69) is 11.9 Å². The number of aliphatic hydroxyl groups excluding tert-OH is 1. The zero-order valence-electron chi connectivity index (χ0n) is 12.8. The molecule has 3 unspecified atom stereocenters. The average Bonchev–Trinajstić information content (AvgIpc) is 2.62. The Morgan fingerprint density at radius 2 is 1.90 bits per heavy atom. The summed E-state index contributed by atoms with van der Waals surface area (Å²) in [5, 5.41) is 10.9. The highest BCUT2D eigenvalue weighted by atomic mass is 16.3. The van der Waals surface area contributed by atoms with E-state index in [4.69, 9.17) is 0 Å². The first kappa shape index (κ1) is 13.9. The standard InChI is InChI=1S/C17H25NO3/c1-18-5-2-4-16-12-7-11(8-14(16)20)10-17(16,15(21)9-12)13(19)3-6-18/h11-13,19H,2-10H2,1H3/t11?,12?,13-,16+,17?/m0/s1. The van der Waals surface area contributed by atoms with Gasteiger partial charge in [-0.25, -0.2) is 0 Å². The Balaban J connectivity index is 1.86. The van der Waals surface area contributed by atoms with Crippen LogP contribution in [0, 0.1) is 22.7 Å². The molecule has 0 aromatic rings. The predicted octanol–water partition coefficient (Wildman–Crippen LogP) is 1.41. The first-order valence-corrected chi connectivity index (χ1v) is 8.44. The fourth-order valence-electron chi connectivity index (χ4n) is 6.31. The molecular formula is C17H25NO3. The fraction of sp³-hybridized carbons (Fsp3) is 0.882. The molecule has 116 valence electrons. The number of carbonyl (C=O) groups excluding carboxylic acids is 2. The van der Waals surface area contributed by atoms with Gasteiger partial charge in [-0.05, 0) is 57.5 Å². The van der Waals surface area contributed by atoms with Gasteiger partial charge in [-0.3, -0.25) is 9.59 Å². The molecule has 1 saturated heterocycles. The van der Waals surface area contributed by atoms with E-state index in [0.29, 0.717) is 31.0 Å². The minimum atomic E-state index is -0.735. The summed E-state index contributed by atoms with van der Waals surface area (Å²) in [6.45, 7) is 1.78. The Kier molecular flexibility index (Phi) is 2.90. The van der Waals surface area contributed by atoms with Crippen LogP contribution in [0.3, 0.4) is 0 Å². The molecule has 1 aliphatic heterocycles. The summed E-state index contributed by atoms with van der Waals surface area (Å²) in [5.74, 6) is 1.04. The van der Waals surface area contributed by atoms with Gasteiger partial charge in [-0.1, -0.05) is 0 Å². The molecule has 5 aliphatic rings. The summed E-state index contributed by atoms with van der Waals surface area (Å²) in [6, 6.07) is 0. The molecule has 4 saturated carbocycles. The number of Topliss-reactive ketones (excluding diaryl/α,β-unsaturated/α-hetero) is 2. The first-order valence-electron chi connectivity index (χ1n) is 8.44. The van der Waals surface area contributed by atoms with Gasteiger partial charge in [-0.15, -0.1) is 0 Å². The van der Waals surface area contributed by atoms with Crippen LogP contribution in [0.25, 0.3) is 0 Å². The van der Waals surface area contributed by atoms with E-state index >= 15 is 0 Å². The Bertz CT molecular complexity index is 496. The van der Waals surface area contributed by atoms with Gasteiger partial charge in [0.05, 0.1) is 11.5 Å².